The molecule has 1 aliphatic carbocycles. The number of rotatable bonds is 2. The SMILES string of the molecule is [CH2]CC1C[CH]C(F)(C(F)(C(F)(F)F)C(F)(F)F)C1(F)C(F)(F)F. The van der Waals surface area contributed by atoms with E-state index in [1.54, 1.807) is 0 Å². The number of halogens is 12. The Morgan fingerprint density at radius 2 is 1.26 bits per heavy atom. The maximum Gasteiger partial charge on any atom is 0.435 e. The van der Waals surface area contributed by atoms with Crippen LogP contribution in [-0.4, -0.2) is 35.5 Å². The van der Waals surface area contributed by atoms with Crippen LogP contribution in [0.5, 0.6) is 0 Å². The van der Waals surface area contributed by atoms with Crippen LogP contribution >= 0.6 is 0 Å². The first kappa shape index (κ1) is 20.2. The van der Waals surface area contributed by atoms with E-state index < -0.39 is 60.7 Å². The van der Waals surface area contributed by atoms with Crippen LogP contribution in [-0.2, 0) is 0 Å². The first-order valence-electron chi connectivity index (χ1n) is 5.82. The van der Waals surface area contributed by atoms with Gasteiger partial charge in [-0.15, -0.1) is 0 Å². The van der Waals surface area contributed by atoms with Crippen molar-refractivity contribution in [1.29, 1.82) is 0 Å². The van der Waals surface area contributed by atoms with E-state index in [-0.39, 0.29) is 0 Å². The Morgan fingerprint density at radius 1 is 0.870 bits per heavy atom. The predicted octanol–water partition coefficient (Wildman–Crippen LogP) is 5.25. The molecule has 0 saturated heterocycles. The van der Waals surface area contributed by atoms with E-state index in [1.165, 1.54) is 0 Å². The highest BCUT2D eigenvalue weighted by Crippen LogP contribution is 2.67. The molecule has 1 aliphatic rings. The topological polar surface area (TPSA) is 0 Å². The van der Waals surface area contributed by atoms with Gasteiger partial charge in [0.2, 0.25) is 11.3 Å². The molecule has 3 atom stereocenters. The van der Waals surface area contributed by atoms with Crippen LogP contribution in [0.15, 0.2) is 0 Å². The lowest BCUT2D eigenvalue weighted by Gasteiger charge is -2.46. The van der Waals surface area contributed by atoms with Gasteiger partial charge in [-0.25, -0.2) is 13.2 Å². The zero-order valence-electron chi connectivity index (χ0n) is 10.8. The normalized spacial score (nSPS) is 34.0. The number of hydrogen-bond acceptors (Lipinski definition) is 0. The molecule has 1 saturated carbocycles. The van der Waals surface area contributed by atoms with Crippen molar-refractivity contribution in [2.75, 3.05) is 0 Å². The lowest BCUT2D eigenvalue weighted by Crippen LogP contribution is -2.75. The Kier molecular flexibility index (Phi) is 4.46. The zero-order valence-corrected chi connectivity index (χ0v) is 10.8. The second kappa shape index (κ2) is 5.08. The summed E-state index contributed by atoms with van der Waals surface area (Å²) in [6.07, 6.45) is -24.5. The van der Waals surface area contributed by atoms with Gasteiger partial charge in [0.15, 0.2) is 0 Å². The summed E-state index contributed by atoms with van der Waals surface area (Å²) in [7, 11) is 0. The van der Waals surface area contributed by atoms with Crippen LogP contribution in [0.4, 0.5) is 52.7 Å². The summed E-state index contributed by atoms with van der Waals surface area (Å²) in [6, 6.07) is 0. The molecular formula is C11H8F12. The average Bonchev–Trinajstić information content (AvgIpc) is 2.59. The van der Waals surface area contributed by atoms with E-state index in [4.69, 9.17) is 0 Å². The maximum absolute atomic E-state index is 14.3. The second-order valence-electron chi connectivity index (χ2n) is 5.00. The third-order valence-electron chi connectivity index (χ3n) is 3.82. The van der Waals surface area contributed by atoms with E-state index >= 15 is 0 Å². The van der Waals surface area contributed by atoms with Gasteiger partial charge in [-0.2, -0.15) is 39.5 Å². The molecule has 0 heterocycles. The number of alkyl halides is 12. The summed E-state index contributed by atoms with van der Waals surface area (Å²) in [5, 5.41) is 0. The summed E-state index contributed by atoms with van der Waals surface area (Å²) in [5.74, 6) is -2.74. The standard InChI is InChI=1S/C11H8F12/c1-2-5-3-4-6(12,7(5,13)9(15,16)17)8(14,10(18,19)20)11(21,22)23/h4-5H,1-3H2. The van der Waals surface area contributed by atoms with E-state index in [0.29, 0.717) is 0 Å². The van der Waals surface area contributed by atoms with E-state index in [9.17, 15) is 52.7 Å². The van der Waals surface area contributed by atoms with Crippen molar-refractivity contribution in [2.45, 2.75) is 48.4 Å². The summed E-state index contributed by atoms with van der Waals surface area (Å²) in [4.78, 5) is 0. The van der Waals surface area contributed by atoms with Crippen LogP contribution in [0, 0.1) is 19.3 Å². The average molecular weight is 368 g/mol. The molecule has 2 radical (unpaired) electrons. The van der Waals surface area contributed by atoms with Crippen LogP contribution in [0.2, 0.25) is 0 Å². The summed E-state index contributed by atoms with van der Waals surface area (Å²) in [5.41, 5.74) is -18.9. The number of hydrogen-bond donors (Lipinski definition) is 0. The molecule has 1 rings (SSSR count). The van der Waals surface area contributed by atoms with Crippen LogP contribution in [0.25, 0.3) is 0 Å². The molecule has 0 N–H and O–H groups in total. The second-order valence-corrected chi connectivity index (χ2v) is 5.00. The minimum atomic E-state index is -7.19. The Morgan fingerprint density at radius 3 is 1.52 bits per heavy atom. The summed E-state index contributed by atoms with van der Waals surface area (Å²) in [6.45, 7) is 2.74. The molecule has 0 aromatic carbocycles. The fourth-order valence-electron chi connectivity index (χ4n) is 2.63. The van der Waals surface area contributed by atoms with Crippen molar-refractivity contribution < 1.29 is 52.7 Å². The van der Waals surface area contributed by atoms with E-state index in [1.807, 2.05) is 0 Å². The zero-order chi connectivity index (χ0) is 18.7. The Hall–Kier alpha value is -0.840. The lowest BCUT2D eigenvalue weighted by atomic mass is 9.72. The molecule has 0 amide bonds. The van der Waals surface area contributed by atoms with Crippen molar-refractivity contribution in [3.8, 4) is 0 Å². The van der Waals surface area contributed by atoms with Crippen LogP contribution in [0.1, 0.15) is 12.8 Å². The first-order chi connectivity index (χ1) is 9.92. The Bertz CT molecular complexity index is 431. The largest absolute Gasteiger partial charge is 0.435 e. The quantitative estimate of drug-likeness (QED) is 0.585. The van der Waals surface area contributed by atoms with Gasteiger partial charge < -0.3 is 0 Å². The molecule has 0 spiro atoms. The van der Waals surface area contributed by atoms with Gasteiger partial charge in [0, 0.05) is 12.3 Å². The predicted molar refractivity (Wildman–Crippen MR) is 52.1 cm³/mol. The minimum Gasteiger partial charge on any atom is -0.235 e. The van der Waals surface area contributed by atoms with Gasteiger partial charge >= 0.3 is 24.2 Å². The first-order valence-corrected chi connectivity index (χ1v) is 5.82. The Labute approximate surface area is 121 Å². The van der Waals surface area contributed by atoms with Gasteiger partial charge in [-0.3, -0.25) is 0 Å². The van der Waals surface area contributed by atoms with Crippen molar-refractivity contribution >= 4 is 0 Å². The molecule has 1 fully saturated rings. The molecule has 136 valence electrons. The van der Waals surface area contributed by atoms with Gasteiger partial charge in [-0.05, 0) is 12.8 Å². The molecule has 0 aliphatic heterocycles. The molecule has 23 heavy (non-hydrogen) atoms. The molecule has 0 nitrogen and oxygen atoms in total. The fraction of sp³-hybridized carbons (Fsp3) is 0.818. The maximum atomic E-state index is 14.3. The Balaban J connectivity index is 3.77. The van der Waals surface area contributed by atoms with Crippen LogP contribution in [0.3, 0.4) is 0 Å². The highest BCUT2D eigenvalue weighted by molar-refractivity contribution is 5.32. The molecule has 3 unspecified atom stereocenters. The molecule has 12 heteroatoms. The van der Waals surface area contributed by atoms with Gasteiger partial charge in [0.1, 0.15) is 0 Å². The third kappa shape index (κ3) is 2.30. The van der Waals surface area contributed by atoms with Gasteiger partial charge in [0.05, 0.1) is 0 Å². The fourth-order valence-corrected chi connectivity index (χ4v) is 2.63. The highest BCUT2D eigenvalue weighted by atomic mass is 19.4. The smallest absolute Gasteiger partial charge is 0.235 e. The molecule has 0 bridgehead atoms. The van der Waals surface area contributed by atoms with E-state index in [2.05, 4.69) is 6.92 Å². The van der Waals surface area contributed by atoms with Gasteiger partial charge in [-0.1, -0.05) is 6.92 Å². The molecule has 0 aromatic heterocycles. The molecular weight excluding hydrogens is 360 g/mol. The molecule has 0 aromatic rings. The monoisotopic (exact) mass is 368 g/mol. The van der Waals surface area contributed by atoms with Crippen molar-refractivity contribution in [3.05, 3.63) is 13.3 Å². The van der Waals surface area contributed by atoms with Crippen molar-refractivity contribution in [3.63, 3.8) is 0 Å². The van der Waals surface area contributed by atoms with Crippen molar-refractivity contribution in [2.24, 2.45) is 5.92 Å². The van der Waals surface area contributed by atoms with Crippen LogP contribution < -0.4 is 0 Å². The van der Waals surface area contributed by atoms with Gasteiger partial charge in [0.25, 0.3) is 0 Å². The minimum absolute atomic E-state index is 0.892. The van der Waals surface area contributed by atoms with Crippen molar-refractivity contribution in [1.82, 2.24) is 0 Å². The third-order valence-corrected chi connectivity index (χ3v) is 3.82. The van der Waals surface area contributed by atoms with E-state index in [0.717, 1.165) is 0 Å². The summed E-state index contributed by atoms with van der Waals surface area (Å²) < 4.78 is 156. The lowest BCUT2D eigenvalue weighted by molar-refractivity contribution is -0.401. The highest BCUT2D eigenvalue weighted by Gasteiger charge is 2.93. The summed E-state index contributed by atoms with van der Waals surface area (Å²) >= 11 is 0.